The van der Waals surface area contributed by atoms with Crippen molar-refractivity contribution < 1.29 is 120 Å². The molecule has 5 atom stereocenters. The summed E-state index contributed by atoms with van der Waals surface area (Å²) in [6.45, 7) is -1.09. The van der Waals surface area contributed by atoms with Crippen LogP contribution < -0.4 is 74.6 Å². The van der Waals surface area contributed by atoms with Gasteiger partial charge < -0.3 is 44.8 Å². The Morgan fingerprint density at radius 1 is 1.09 bits per heavy atom. The first-order chi connectivity index (χ1) is 14.2. The van der Waals surface area contributed by atoms with E-state index in [0.717, 1.165) is 12.7 Å². The molecular weight excluding hydrogens is 537 g/mol. The van der Waals surface area contributed by atoms with Crippen LogP contribution in [0.2, 0.25) is 0 Å². The zero-order valence-corrected chi connectivity index (χ0v) is 23.5. The molecule has 1 aliphatic heterocycles. The van der Waals surface area contributed by atoms with Crippen LogP contribution in [0.3, 0.4) is 0 Å². The number of ether oxygens (including phenoxy) is 1. The van der Waals surface area contributed by atoms with Gasteiger partial charge >= 0.3 is 74.8 Å². The Morgan fingerprint density at radius 3 is 2.30 bits per heavy atom. The van der Waals surface area contributed by atoms with Gasteiger partial charge in [-0.2, -0.15) is 4.31 Å². The molecule has 6 N–H and O–H groups in total. The fraction of sp³-hybridized carbons (Fsp3) is 0.500. The number of nitrogens with zero attached hydrogens (tertiary/aromatic N) is 4. The molecule has 18 nitrogen and oxygen atoms in total. The molecular formula is C10H14N5Na2O13P3. The van der Waals surface area contributed by atoms with Crippen LogP contribution >= 0.6 is 23.5 Å². The van der Waals surface area contributed by atoms with Gasteiger partial charge in [0.05, 0.1) is 20.8 Å². The van der Waals surface area contributed by atoms with Crippen molar-refractivity contribution in [2.24, 2.45) is 0 Å². The smallest absolute Gasteiger partial charge is 0.789 e. The average molecular weight is 551 g/mol. The standard InChI is InChI=1S/C10H16N5O13P3.2Na/c11-8-5-9(13-2-12-8)15(3-14-5)10-7(17)6(16)4(26-10)1-25-31(24,27-29(18,19)20)28-30(21,22)23;;/h2-4,6-7,10,16-17H,1H2,(H2,11,12,13)(H2,18,19,20)(H2,21,22,23);;/q;2*+1/p-2/t4-,6-,7-,10-;;/m1../s1. The molecule has 1 aliphatic rings. The molecule has 3 heterocycles. The molecule has 1 saturated heterocycles. The van der Waals surface area contributed by atoms with Gasteiger partial charge in [0.25, 0.3) is 0 Å². The Kier molecular flexibility index (Phi) is 11.3. The van der Waals surface area contributed by atoms with Crippen LogP contribution in [0.5, 0.6) is 0 Å². The van der Waals surface area contributed by atoms with E-state index in [1.807, 2.05) is 0 Å². The first-order valence-corrected chi connectivity index (χ1v) is 12.3. The zero-order chi connectivity index (χ0) is 23.2. The van der Waals surface area contributed by atoms with Gasteiger partial charge in [-0.25, -0.2) is 24.1 Å². The molecule has 2 aromatic rings. The summed E-state index contributed by atoms with van der Waals surface area (Å²) in [5.41, 5.74) is 5.93. The minimum atomic E-state index is -6.09. The second-order valence-corrected chi connectivity index (χ2v) is 10.3. The van der Waals surface area contributed by atoms with Crippen molar-refractivity contribution in [2.75, 3.05) is 12.3 Å². The summed E-state index contributed by atoms with van der Waals surface area (Å²) in [6.07, 6.45) is -4.06. The van der Waals surface area contributed by atoms with Gasteiger partial charge in [-0.3, -0.25) is 13.4 Å². The van der Waals surface area contributed by atoms with E-state index in [1.165, 1.54) is 4.57 Å². The number of hydrogen-bond acceptors (Lipinski definition) is 15. The number of fused-ring (bicyclic) bond motifs is 1. The third-order valence-corrected chi connectivity index (χ3v) is 7.52. The fourth-order valence-electron chi connectivity index (χ4n) is 2.63. The van der Waals surface area contributed by atoms with Crippen molar-refractivity contribution in [2.45, 2.75) is 24.5 Å². The molecule has 174 valence electrons. The van der Waals surface area contributed by atoms with E-state index in [2.05, 4.69) is 28.1 Å². The second-order valence-electron chi connectivity index (χ2n) is 5.97. The van der Waals surface area contributed by atoms with Crippen LogP contribution in [0, 0.1) is 0 Å². The SMILES string of the molecule is Nc1ncnc2c1ncn2[C@@H]1O[C@H](COP(=O)(OP(=O)([O-])[O-])OP(=O)(O)O)[C@@H](O)[C@H]1O.[Na+].[Na+]. The number of phosphoric acid groups is 3. The van der Waals surface area contributed by atoms with Crippen LogP contribution in [0.1, 0.15) is 6.23 Å². The predicted molar refractivity (Wildman–Crippen MR) is 91.0 cm³/mol. The molecule has 33 heavy (non-hydrogen) atoms. The summed E-state index contributed by atoms with van der Waals surface area (Å²) in [7, 11) is -17.4. The number of aliphatic hydroxyl groups is 2. The Morgan fingerprint density at radius 2 is 1.73 bits per heavy atom. The molecule has 1 fully saturated rings. The molecule has 0 aliphatic carbocycles. The minimum absolute atomic E-state index is 0. The third kappa shape index (κ3) is 8.06. The Hall–Kier alpha value is 0.640. The van der Waals surface area contributed by atoms with Gasteiger partial charge in [-0.1, -0.05) is 0 Å². The van der Waals surface area contributed by atoms with E-state index in [9.17, 15) is 33.7 Å². The van der Waals surface area contributed by atoms with E-state index >= 15 is 0 Å². The number of nitrogens with two attached hydrogens (primary N) is 1. The number of imidazole rings is 1. The van der Waals surface area contributed by atoms with Gasteiger partial charge in [0, 0.05) is 0 Å². The van der Waals surface area contributed by atoms with Crippen LogP contribution in [0.15, 0.2) is 12.7 Å². The second kappa shape index (κ2) is 11.8. The molecule has 1 unspecified atom stereocenters. The molecule has 3 rings (SSSR count). The predicted octanol–water partition coefficient (Wildman–Crippen LogP) is -8.89. The van der Waals surface area contributed by atoms with E-state index in [4.69, 9.17) is 20.3 Å². The average Bonchev–Trinajstić information content (AvgIpc) is 3.13. The van der Waals surface area contributed by atoms with Crippen molar-refractivity contribution in [3.8, 4) is 0 Å². The molecule has 0 amide bonds. The van der Waals surface area contributed by atoms with E-state index < -0.39 is 54.6 Å². The van der Waals surface area contributed by atoms with E-state index in [1.54, 1.807) is 0 Å². The minimum Gasteiger partial charge on any atom is -0.789 e. The summed E-state index contributed by atoms with van der Waals surface area (Å²) in [5, 5.41) is 20.4. The Bertz CT molecular complexity index is 1080. The first kappa shape index (κ1) is 31.7. The molecule has 2 aromatic heterocycles. The van der Waals surface area contributed by atoms with Crippen LogP contribution in [0.25, 0.3) is 11.2 Å². The summed E-state index contributed by atoms with van der Waals surface area (Å²) in [6, 6.07) is 0. The molecule has 0 aromatic carbocycles. The van der Waals surface area contributed by atoms with Crippen LogP contribution in [-0.2, 0) is 31.6 Å². The normalized spacial score (nSPS) is 25.3. The maximum absolute atomic E-state index is 12.1. The topological polar surface area (TPSA) is 285 Å². The first-order valence-electron chi connectivity index (χ1n) is 7.88. The molecule has 23 heteroatoms. The molecule has 0 radical (unpaired) electrons. The van der Waals surface area contributed by atoms with Crippen LogP contribution in [-0.4, -0.2) is 64.4 Å². The Balaban J connectivity index is 0.00000272. The fourth-order valence-corrected chi connectivity index (χ4v) is 5.75. The third-order valence-electron chi connectivity index (χ3n) is 3.80. The molecule has 0 saturated carbocycles. The summed E-state index contributed by atoms with van der Waals surface area (Å²) in [5.74, 6) is 0.0176. The number of hydrogen-bond donors (Lipinski definition) is 5. The van der Waals surface area contributed by atoms with Gasteiger partial charge in [-0.15, -0.1) is 0 Å². The van der Waals surface area contributed by atoms with E-state index in [0.29, 0.717) is 0 Å². The van der Waals surface area contributed by atoms with Crippen molar-refractivity contribution in [1.82, 2.24) is 19.5 Å². The Labute approximate surface area is 228 Å². The molecule has 0 bridgehead atoms. The van der Waals surface area contributed by atoms with Crippen molar-refractivity contribution >= 4 is 40.4 Å². The molecule has 0 spiro atoms. The number of aliphatic hydroxyl groups excluding tert-OH is 2. The zero-order valence-electron chi connectivity index (χ0n) is 16.8. The largest absolute Gasteiger partial charge is 1.00 e. The summed E-state index contributed by atoms with van der Waals surface area (Å²) in [4.78, 5) is 50.5. The maximum atomic E-state index is 12.1. The van der Waals surface area contributed by atoms with Gasteiger partial charge in [0.2, 0.25) is 0 Å². The van der Waals surface area contributed by atoms with Crippen molar-refractivity contribution in [3.05, 3.63) is 12.7 Å². The van der Waals surface area contributed by atoms with Crippen LogP contribution in [0.4, 0.5) is 5.82 Å². The number of anilines is 1. The van der Waals surface area contributed by atoms with Gasteiger partial charge in [0.15, 0.2) is 17.7 Å². The quantitative estimate of drug-likeness (QED) is 0.150. The number of rotatable bonds is 8. The van der Waals surface area contributed by atoms with E-state index in [-0.39, 0.29) is 76.1 Å². The monoisotopic (exact) mass is 551 g/mol. The maximum Gasteiger partial charge on any atom is 1.00 e. The van der Waals surface area contributed by atoms with Gasteiger partial charge in [-0.05, 0) is 0 Å². The number of aromatic nitrogens is 4. The van der Waals surface area contributed by atoms with Crippen molar-refractivity contribution in [1.29, 1.82) is 0 Å². The van der Waals surface area contributed by atoms with Crippen molar-refractivity contribution in [3.63, 3.8) is 0 Å². The number of nitrogen functional groups attached to an aromatic ring is 1. The summed E-state index contributed by atoms with van der Waals surface area (Å²) >= 11 is 0. The van der Waals surface area contributed by atoms with Gasteiger partial charge in [0.1, 0.15) is 30.2 Å². The summed E-state index contributed by atoms with van der Waals surface area (Å²) < 4.78 is 51.9.